The topological polar surface area (TPSA) is 46.6 Å². The molecular weight excluding hydrogens is 342 g/mol. The van der Waals surface area contributed by atoms with E-state index in [4.69, 9.17) is 4.74 Å². The largest absolute Gasteiger partial charge is 0.496 e. The van der Waals surface area contributed by atoms with Gasteiger partial charge in [0.15, 0.2) is 0 Å². The second-order valence-electron chi connectivity index (χ2n) is 5.56. The summed E-state index contributed by atoms with van der Waals surface area (Å²) >= 11 is 3.34. The molecule has 2 rings (SSSR count). The zero-order valence-electron chi connectivity index (χ0n) is 12.0. The van der Waals surface area contributed by atoms with Gasteiger partial charge in [0.1, 0.15) is 5.75 Å². The molecule has 4 nitrogen and oxygen atoms in total. The van der Waals surface area contributed by atoms with Crippen LogP contribution in [0.25, 0.3) is 0 Å². The summed E-state index contributed by atoms with van der Waals surface area (Å²) in [7, 11) is -1.87. The van der Waals surface area contributed by atoms with Crippen LogP contribution in [0.1, 0.15) is 20.3 Å². The smallest absolute Gasteiger partial charge is 0.243 e. The molecule has 0 N–H and O–H groups in total. The Labute approximate surface area is 129 Å². The third kappa shape index (κ3) is 3.18. The fourth-order valence-corrected chi connectivity index (χ4v) is 5.16. The van der Waals surface area contributed by atoms with Crippen LogP contribution in [0.4, 0.5) is 0 Å². The van der Waals surface area contributed by atoms with E-state index >= 15 is 0 Å². The Kier molecular flexibility index (Phi) is 4.76. The van der Waals surface area contributed by atoms with E-state index in [0.29, 0.717) is 40.0 Å². The normalized spacial score (nSPS) is 24.6. The van der Waals surface area contributed by atoms with E-state index in [2.05, 4.69) is 29.8 Å². The van der Waals surface area contributed by atoms with Crippen molar-refractivity contribution in [2.75, 3.05) is 20.2 Å². The van der Waals surface area contributed by atoms with Gasteiger partial charge in [-0.1, -0.05) is 13.8 Å². The van der Waals surface area contributed by atoms with Gasteiger partial charge in [-0.3, -0.25) is 0 Å². The molecule has 1 aromatic carbocycles. The average molecular weight is 362 g/mol. The van der Waals surface area contributed by atoms with Crippen molar-refractivity contribution in [3.05, 3.63) is 22.7 Å². The average Bonchev–Trinajstić information content (AvgIpc) is 2.37. The van der Waals surface area contributed by atoms with Crippen LogP contribution in [0.2, 0.25) is 0 Å². The molecule has 2 unspecified atom stereocenters. The van der Waals surface area contributed by atoms with E-state index < -0.39 is 10.0 Å². The Morgan fingerprint density at radius 2 is 1.85 bits per heavy atom. The van der Waals surface area contributed by atoms with Crippen LogP contribution in [0.5, 0.6) is 5.75 Å². The fraction of sp³-hybridized carbons (Fsp3) is 0.571. The molecule has 1 aliphatic rings. The van der Waals surface area contributed by atoms with Crippen molar-refractivity contribution in [1.29, 1.82) is 0 Å². The van der Waals surface area contributed by atoms with Crippen molar-refractivity contribution in [3.63, 3.8) is 0 Å². The molecule has 6 heteroatoms. The molecule has 0 saturated carbocycles. The Hall–Kier alpha value is -0.590. The van der Waals surface area contributed by atoms with E-state index in [-0.39, 0.29) is 0 Å². The number of sulfonamides is 1. The van der Waals surface area contributed by atoms with Crippen molar-refractivity contribution in [2.24, 2.45) is 11.8 Å². The maximum Gasteiger partial charge on any atom is 0.243 e. The highest BCUT2D eigenvalue weighted by Gasteiger charge is 2.31. The van der Waals surface area contributed by atoms with Crippen molar-refractivity contribution in [3.8, 4) is 5.75 Å². The van der Waals surface area contributed by atoms with E-state index in [1.54, 1.807) is 29.6 Å². The van der Waals surface area contributed by atoms with Gasteiger partial charge in [-0.15, -0.1) is 0 Å². The monoisotopic (exact) mass is 361 g/mol. The highest BCUT2D eigenvalue weighted by molar-refractivity contribution is 9.10. The number of piperidine rings is 1. The summed E-state index contributed by atoms with van der Waals surface area (Å²) in [4.78, 5) is 0.312. The first-order chi connectivity index (χ1) is 9.34. The van der Waals surface area contributed by atoms with Gasteiger partial charge in [0.2, 0.25) is 10.0 Å². The minimum absolute atomic E-state index is 0.312. The first kappa shape index (κ1) is 15.8. The number of hydrogen-bond acceptors (Lipinski definition) is 3. The minimum atomic E-state index is -3.43. The SMILES string of the molecule is COc1ccc(S(=O)(=O)N2CC(C)CC(C)C2)cc1Br. The number of methoxy groups -OCH3 is 1. The standard InChI is InChI=1S/C14H20BrNO3S/c1-10-6-11(2)9-16(8-10)20(17,18)12-4-5-14(19-3)13(15)7-12/h4-5,7,10-11H,6,8-9H2,1-3H3. The Bertz CT molecular complexity index is 578. The molecule has 1 fully saturated rings. The number of nitrogens with zero attached hydrogens (tertiary/aromatic N) is 1. The predicted octanol–water partition coefficient (Wildman–Crippen LogP) is 3.12. The van der Waals surface area contributed by atoms with Crippen LogP contribution >= 0.6 is 15.9 Å². The molecule has 112 valence electrons. The van der Waals surface area contributed by atoms with Crippen LogP contribution in [-0.4, -0.2) is 32.9 Å². The van der Waals surface area contributed by atoms with Crippen molar-refractivity contribution < 1.29 is 13.2 Å². The molecule has 20 heavy (non-hydrogen) atoms. The first-order valence-electron chi connectivity index (χ1n) is 6.68. The van der Waals surface area contributed by atoms with Crippen LogP contribution in [-0.2, 0) is 10.0 Å². The van der Waals surface area contributed by atoms with Crippen molar-refractivity contribution >= 4 is 26.0 Å². The number of ether oxygens (including phenoxy) is 1. The van der Waals surface area contributed by atoms with Gasteiger partial charge in [0.25, 0.3) is 0 Å². The fourth-order valence-electron chi connectivity index (χ4n) is 2.76. The lowest BCUT2D eigenvalue weighted by atomic mass is 9.94. The van der Waals surface area contributed by atoms with E-state index in [0.717, 1.165) is 6.42 Å². The lowest BCUT2D eigenvalue weighted by Gasteiger charge is -2.34. The third-order valence-corrected chi connectivity index (χ3v) is 6.04. The summed E-state index contributed by atoms with van der Waals surface area (Å²) in [5.74, 6) is 1.43. The molecule has 0 bridgehead atoms. The summed E-state index contributed by atoms with van der Waals surface area (Å²) in [5.41, 5.74) is 0. The maximum absolute atomic E-state index is 12.7. The number of halogens is 1. The Morgan fingerprint density at radius 1 is 1.25 bits per heavy atom. The van der Waals surface area contributed by atoms with Crippen molar-refractivity contribution in [1.82, 2.24) is 4.31 Å². The summed E-state index contributed by atoms with van der Waals surface area (Å²) in [6.45, 7) is 5.39. The maximum atomic E-state index is 12.7. The molecule has 2 atom stereocenters. The number of hydrogen-bond donors (Lipinski definition) is 0. The molecule has 0 aliphatic carbocycles. The van der Waals surface area contributed by atoms with Gasteiger partial charge < -0.3 is 4.74 Å². The molecular formula is C14H20BrNO3S. The lowest BCUT2D eigenvalue weighted by molar-refractivity contribution is 0.222. The second kappa shape index (κ2) is 6.03. The first-order valence-corrected chi connectivity index (χ1v) is 8.91. The van der Waals surface area contributed by atoms with Crippen molar-refractivity contribution in [2.45, 2.75) is 25.2 Å². The third-order valence-electron chi connectivity index (χ3n) is 3.60. The molecule has 1 aliphatic heterocycles. The number of rotatable bonds is 3. The van der Waals surface area contributed by atoms with Gasteiger partial charge in [0, 0.05) is 13.1 Å². The van der Waals surface area contributed by atoms with Crippen LogP contribution in [0, 0.1) is 11.8 Å². The minimum Gasteiger partial charge on any atom is -0.496 e. The van der Waals surface area contributed by atoms with E-state index in [1.807, 2.05) is 0 Å². The van der Waals surface area contributed by atoms with Crippen LogP contribution in [0.3, 0.4) is 0 Å². The summed E-state index contributed by atoms with van der Waals surface area (Å²) in [5, 5.41) is 0. The number of benzene rings is 1. The molecule has 0 aromatic heterocycles. The highest BCUT2D eigenvalue weighted by atomic mass is 79.9. The van der Waals surface area contributed by atoms with Gasteiger partial charge in [-0.25, -0.2) is 8.42 Å². The molecule has 1 saturated heterocycles. The van der Waals surface area contributed by atoms with Crippen LogP contribution < -0.4 is 4.74 Å². The zero-order chi connectivity index (χ0) is 14.9. The Balaban J connectivity index is 2.32. The molecule has 1 aromatic rings. The highest BCUT2D eigenvalue weighted by Crippen LogP contribution is 2.31. The summed E-state index contributed by atoms with van der Waals surface area (Å²) in [6.07, 6.45) is 1.08. The quantitative estimate of drug-likeness (QED) is 0.830. The zero-order valence-corrected chi connectivity index (χ0v) is 14.4. The van der Waals surface area contributed by atoms with E-state index in [1.165, 1.54) is 0 Å². The summed E-state index contributed by atoms with van der Waals surface area (Å²) < 4.78 is 32.8. The van der Waals surface area contributed by atoms with Crippen LogP contribution in [0.15, 0.2) is 27.6 Å². The molecule has 1 heterocycles. The van der Waals surface area contributed by atoms with Gasteiger partial charge in [-0.2, -0.15) is 4.31 Å². The molecule has 0 spiro atoms. The van der Waals surface area contributed by atoms with Gasteiger partial charge in [-0.05, 0) is 52.4 Å². The Morgan fingerprint density at radius 3 is 2.35 bits per heavy atom. The van der Waals surface area contributed by atoms with Gasteiger partial charge in [0.05, 0.1) is 16.5 Å². The predicted molar refractivity (Wildman–Crippen MR) is 82.4 cm³/mol. The molecule has 0 radical (unpaired) electrons. The molecule has 0 amide bonds. The van der Waals surface area contributed by atoms with E-state index in [9.17, 15) is 8.42 Å². The van der Waals surface area contributed by atoms with Gasteiger partial charge >= 0.3 is 0 Å². The lowest BCUT2D eigenvalue weighted by Crippen LogP contribution is -2.42. The summed E-state index contributed by atoms with van der Waals surface area (Å²) in [6, 6.07) is 4.88. The second-order valence-corrected chi connectivity index (χ2v) is 8.36.